The zero-order chi connectivity index (χ0) is 26.6. The maximum Gasteiger partial charge on any atom is 0.259 e. The molecule has 2 atom stereocenters. The van der Waals surface area contributed by atoms with Crippen LogP contribution in [0.25, 0.3) is 5.65 Å². The standard InChI is InChI=1S/C25H37N7O4/c1-14(2)21-24(35)26-10-8-12-31(11-7-9-19(33)28-18(6)23(34)29-21)25(36)20-17(5)30-32-16(4)13-15(3)27-22(20)32/h13-14,18,21H,7-12H2,1-6H3,(H,26,35)(H,28,33)(H,29,34)/t18-,21-/m1/s1. The second kappa shape index (κ2) is 11.5. The van der Waals surface area contributed by atoms with Gasteiger partial charge in [0.05, 0.1) is 5.69 Å². The molecule has 0 spiro atoms. The van der Waals surface area contributed by atoms with Crippen LogP contribution in [0, 0.1) is 26.7 Å². The first-order valence-electron chi connectivity index (χ1n) is 12.5. The first kappa shape index (κ1) is 27.1. The van der Waals surface area contributed by atoms with Crippen LogP contribution in [0.2, 0.25) is 0 Å². The average molecular weight is 500 g/mol. The molecule has 11 nitrogen and oxygen atoms in total. The Balaban J connectivity index is 1.85. The minimum atomic E-state index is -0.784. The second-order valence-electron chi connectivity index (χ2n) is 9.79. The molecular weight excluding hydrogens is 462 g/mol. The van der Waals surface area contributed by atoms with Crippen LogP contribution in [0.3, 0.4) is 0 Å². The Labute approximate surface area is 211 Å². The monoisotopic (exact) mass is 499 g/mol. The fourth-order valence-electron chi connectivity index (χ4n) is 4.36. The normalized spacial score (nSPS) is 21.0. The van der Waals surface area contributed by atoms with Gasteiger partial charge in [-0.2, -0.15) is 5.10 Å². The summed E-state index contributed by atoms with van der Waals surface area (Å²) in [6.07, 6.45) is 1.11. The van der Waals surface area contributed by atoms with E-state index in [0.717, 1.165) is 11.4 Å². The summed E-state index contributed by atoms with van der Waals surface area (Å²) in [6.45, 7) is 11.9. The number of carbonyl (C=O) groups excluding carboxylic acids is 4. The molecule has 4 amide bonds. The van der Waals surface area contributed by atoms with Crippen molar-refractivity contribution in [2.24, 2.45) is 5.92 Å². The van der Waals surface area contributed by atoms with Crippen molar-refractivity contribution in [3.05, 3.63) is 28.7 Å². The highest BCUT2D eigenvalue weighted by Gasteiger charge is 2.28. The summed E-state index contributed by atoms with van der Waals surface area (Å²) in [5, 5.41) is 12.8. The zero-order valence-electron chi connectivity index (χ0n) is 22.0. The van der Waals surface area contributed by atoms with Gasteiger partial charge in [-0.05, 0) is 52.5 Å². The molecule has 0 aromatic carbocycles. The lowest BCUT2D eigenvalue weighted by molar-refractivity contribution is -0.132. The molecule has 196 valence electrons. The Morgan fingerprint density at radius 3 is 2.44 bits per heavy atom. The van der Waals surface area contributed by atoms with Crippen molar-refractivity contribution < 1.29 is 19.2 Å². The summed E-state index contributed by atoms with van der Waals surface area (Å²) < 4.78 is 1.67. The van der Waals surface area contributed by atoms with E-state index in [9.17, 15) is 19.2 Å². The summed E-state index contributed by atoms with van der Waals surface area (Å²) in [4.78, 5) is 57.7. The van der Waals surface area contributed by atoms with Crippen LogP contribution in [-0.2, 0) is 14.4 Å². The van der Waals surface area contributed by atoms with Crippen LogP contribution in [0.15, 0.2) is 6.07 Å². The predicted octanol–water partition coefficient (Wildman–Crippen LogP) is 1.04. The van der Waals surface area contributed by atoms with Crippen LogP contribution in [0.1, 0.15) is 67.5 Å². The predicted molar refractivity (Wildman–Crippen MR) is 134 cm³/mol. The van der Waals surface area contributed by atoms with Crippen LogP contribution in [-0.4, -0.2) is 74.8 Å². The van der Waals surface area contributed by atoms with Crippen LogP contribution in [0.4, 0.5) is 0 Å². The second-order valence-corrected chi connectivity index (χ2v) is 9.79. The number of amides is 4. The molecule has 3 N–H and O–H groups in total. The van der Waals surface area contributed by atoms with Crippen molar-refractivity contribution in [3.63, 3.8) is 0 Å². The number of fused-ring (bicyclic) bond motifs is 1. The van der Waals surface area contributed by atoms with Crippen LogP contribution < -0.4 is 16.0 Å². The van der Waals surface area contributed by atoms with E-state index in [0.29, 0.717) is 49.4 Å². The van der Waals surface area contributed by atoms with Crippen molar-refractivity contribution in [2.45, 2.75) is 72.9 Å². The number of carbonyl (C=O) groups is 4. The average Bonchev–Trinajstić information content (AvgIpc) is 3.13. The van der Waals surface area contributed by atoms with Gasteiger partial charge in [0, 0.05) is 37.4 Å². The molecule has 2 aromatic heterocycles. The molecule has 1 aliphatic rings. The van der Waals surface area contributed by atoms with Gasteiger partial charge in [0.25, 0.3) is 5.91 Å². The highest BCUT2D eigenvalue weighted by Crippen LogP contribution is 2.19. The van der Waals surface area contributed by atoms with Crippen molar-refractivity contribution in [3.8, 4) is 0 Å². The van der Waals surface area contributed by atoms with Crippen molar-refractivity contribution in [2.75, 3.05) is 19.6 Å². The number of aromatic nitrogens is 3. The Kier molecular flexibility index (Phi) is 8.65. The van der Waals surface area contributed by atoms with Gasteiger partial charge >= 0.3 is 0 Å². The summed E-state index contributed by atoms with van der Waals surface area (Å²) in [7, 11) is 0. The number of rotatable bonds is 2. The summed E-state index contributed by atoms with van der Waals surface area (Å²) in [5.41, 5.74) is 3.21. The molecule has 0 radical (unpaired) electrons. The van der Waals surface area contributed by atoms with Crippen LogP contribution >= 0.6 is 0 Å². The molecule has 11 heteroatoms. The number of nitrogens with zero attached hydrogens (tertiary/aromatic N) is 4. The quantitative estimate of drug-likeness (QED) is 0.565. The maximum absolute atomic E-state index is 13.7. The van der Waals surface area contributed by atoms with Crippen molar-refractivity contribution in [1.29, 1.82) is 0 Å². The smallest absolute Gasteiger partial charge is 0.259 e. The van der Waals surface area contributed by atoms with Gasteiger partial charge in [0.1, 0.15) is 17.6 Å². The van der Waals surface area contributed by atoms with Gasteiger partial charge in [0.2, 0.25) is 17.7 Å². The van der Waals surface area contributed by atoms with Crippen LogP contribution in [0.5, 0.6) is 0 Å². The number of nitrogens with one attached hydrogen (secondary N) is 3. The third-order valence-corrected chi connectivity index (χ3v) is 6.32. The lowest BCUT2D eigenvalue weighted by Crippen LogP contribution is -2.54. The van der Waals surface area contributed by atoms with Gasteiger partial charge in [-0.15, -0.1) is 0 Å². The summed E-state index contributed by atoms with van der Waals surface area (Å²) in [6, 6.07) is 0.400. The lowest BCUT2D eigenvalue weighted by Gasteiger charge is -2.24. The largest absolute Gasteiger partial charge is 0.354 e. The van der Waals surface area contributed by atoms with Crippen molar-refractivity contribution in [1.82, 2.24) is 35.4 Å². The SMILES string of the molecule is Cc1cc(C)n2nc(C)c(C(=O)N3CCCNC(=O)[C@@H](C(C)C)NC(=O)[C@@H](C)NC(=O)CCC3)c2n1. The number of aryl methyl sites for hydroxylation is 3. The van der Waals surface area contributed by atoms with E-state index in [1.165, 1.54) is 0 Å². The molecule has 1 fully saturated rings. The number of hydrogen-bond acceptors (Lipinski definition) is 6. The third kappa shape index (κ3) is 6.19. The molecule has 0 bridgehead atoms. The molecule has 0 unspecified atom stereocenters. The summed E-state index contributed by atoms with van der Waals surface area (Å²) >= 11 is 0. The Hall–Kier alpha value is -3.50. The number of hydrogen-bond donors (Lipinski definition) is 3. The van der Waals surface area contributed by atoms with E-state index < -0.39 is 18.0 Å². The first-order valence-corrected chi connectivity index (χ1v) is 12.5. The molecule has 2 aromatic rings. The molecule has 3 rings (SSSR count). The van der Waals surface area contributed by atoms with E-state index in [1.807, 2.05) is 33.8 Å². The highest BCUT2D eigenvalue weighted by atomic mass is 16.2. The summed E-state index contributed by atoms with van der Waals surface area (Å²) in [5.74, 6) is -1.33. The van der Waals surface area contributed by atoms with E-state index in [2.05, 4.69) is 26.0 Å². The van der Waals surface area contributed by atoms with Gasteiger partial charge in [-0.3, -0.25) is 19.2 Å². The van der Waals surface area contributed by atoms with E-state index in [1.54, 1.807) is 23.3 Å². The Morgan fingerprint density at radius 1 is 1.06 bits per heavy atom. The van der Waals surface area contributed by atoms with E-state index >= 15 is 0 Å². The molecule has 1 aliphatic heterocycles. The van der Waals surface area contributed by atoms with Gasteiger partial charge in [0.15, 0.2) is 5.65 Å². The Bertz CT molecular complexity index is 1160. The fourth-order valence-corrected chi connectivity index (χ4v) is 4.36. The minimum absolute atomic E-state index is 0.136. The van der Waals surface area contributed by atoms with E-state index in [-0.39, 0.29) is 30.1 Å². The maximum atomic E-state index is 13.7. The zero-order valence-corrected chi connectivity index (χ0v) is 22.0. The topological polar surface area (TPSA) is 138 Å². The van der Waals surface area contributed by atoms with Gasteiger partial charge < -0.3 is 20.9 Å². The Morgan fingerprint density at radius 2 is 1.75 bits per heavy atom. The minimum Gasteiger partial charge on any atom is -0.354 e. The lowest BCUT2D eigenvalue weighted by atomic mass is 10.0. The molecular formula is C25H37N7O4. The molecule has 3 heterocycles. The highest BCUT2D eigenvalue weighted by molar-refractivity contribution is 6.01. The molecule has 0 aliphatic carbocycles. The fraction of sp³-hybridized carbons (Fsp3) is 0.600. The van der Waals surface area contributed by atoms with Gasteiger partial charge in [-0.25, -0.2) is 9.50 Å². The first-order chi connectivity index (χ1) is 17.0. The molecule has 1 saturated heterocycles. The van der Waals surface area contributed by atoms with E-state index in [4.69, 9.17) is 0 Å². The molecule has 36 heavy (non-hydrogen) atoms. The third-order valence-electron chi connectivity index (χ3n) is 6.32. The molecule has 0 saturated carbocycles. The van der Waals surface area contributed by atoms with Gasteiger partial charge in [-0.1, -0.05) is 13.8 Å². The van der Waals surface area contributed by atoms with Crippen molar-refractivity contribution >= 4 is 29.3 Å².